The zero-order valence-electron chi connectivity index (χ0n) is 14.3. The van der Waals surface area contributed by atoms with Gasteiger partial charge in [-0.2, -0.15) is 4.72 Å². The van der Waals surface area contributed by atoms with Gasteiger partial charge in [0.25, 0.3) is 5.91 Å². The van der Waals surface area contributed by atoms with Gasteiger partial charge in [-0.05, 0) is 29.8 Å². The van der Waals surface area contributed by atoms with Crippen LogP contribution in [0, 0.1) is 12.3 Å². The highest BCUT2D eigenvalue weighted by atomic mass is 32.2. The van der Waals surface area contributed by atoms with Crippen LogP contribution in [0.15, 0.2) is 59.5 Å². The molecule has 0 heterocycles. The van der Waals surface area contributed by atoms with E-state index in [-0.39, 0.29) is 17.0 Å². The van der Waals surface area contributed by atoms with Crippen LogP contribution in [0.5, 0.6) is 0 Å². The number of hydrogen-bond donors (Lipinski definition) is 2. The molecular formula is C19H18N2O5S. The molecule has 140 valence electrons. The monoisotopic (exact) mass is 386 g/mol. The van der Waals surface area contributed by atoms with E-state index in [2.05, 4.69) is 16.0 Å². The molecule has 0 bridgehead atoms. The smallest absolute Gasteiger partial charge is 0.338 e. The predicted octanol–water partition coefficient (Wildman–Crippen LogP) is 1.07. The highest BCUT2D eigenvalue weighted by Gasteiger charge is 2.15. The quantitative estimate of drug-likeness (QED) is 0.522. The normalized spacial score (nSPS) is 10.6. The number of terminal acetylenes is 1. The molecule has 0 saturated carbocycles. The summed E-state index contributed by atoms with van der Waals surface area (Å²) < 4.78 is 30.9. The molecule has 0 aromatic heterocycles. The van der Waals surface area contributed by atoms with Gasteiger partial charge >= 0.3 is 5.97 Å². The molecule has 2 aromatic carbocycles. The molecule has 0 radical (unpaired) electrons. The molecule has 0 atom stereocenters. The van der Waals surface area contributed by atoms with Crippen molar-refractivity contribution in [1.82, 2.24) is 10.0 Å². The Bertz CT molecular complexity index is 932. The molecule has 0 aliphatic rings. The average molecular weight is 386 g/mol. The second kappa shape index (κ2) is 9.52. The maximum Gasteiger partial charge on any atom is 0.338 e. The van der Waals surface area contributed by atoms with E-state index >= 15 is 0 Å². The van der Waals surface area contributed by atoms with Crippen LogP contribution in [0.4, 0.5) is 0 Å². The summed E-state index contributed by atoms with van der Waals surface area (Å²) in [5, 5.41) is 2.63. The fourth-order valence-corrected chi connectivity index (χ4v) is 2.99. The summed E-state index contributed by atoms with van der Waals surface area (Å²) in [4.78, 5) is 23.7. The van der Waals surface area contributed by atoms with Gasteiger partial charge in [0.2, 0.25) is 10.0 Å². The Kier molecular flexibility index (Phi) is 7.11. The van der Waals surface area contributed by atoms with Crippen molar-refractivity contribution in [3.8, 4) is 12.3 Å². The molecule has 0 aliphatic carbocycles. The number of hydrogen-bond acceptors (Lipinski definition) is 5. The molecule has 0 aliphatic heterocycles. The first kappa shape index (κ1) is 20.2. The minimum Gasteiger partial charge on any atom is -0.452 e. The first-order valence-corrected chi connectivity index (χ1v) is 9.41. The fraction of sp³-hybridized carbons (Fsp3) is 0.158. The van der Waals surface area contributed by atoms with Crippen molar-refractivity contribution in [1.29, 1.82) is 0 Å². The van der Waals surface area contributed by atoms with E-state index in [1.54, 1.807) is 0 Å². The van der Waals surface area contributed by atoms with Gasteiger partial charge in [0.1, 0.15) is 0 Å². The molecular weight excluding hydrogens is 368 g/mol. The second-order valence-electron chi connectivity index (χ2n) is 5.39. The van der Waals surface area contributed by atoms with Crippen LogP contribution in [-0.4, -0.2) is 33.4 Å². The van der Waals surface area contributed by atoms with Gasteiger partial charge in [0, 0.05) is 6.54 Å². The number of rotatable bonds is 8. The van der Waals surface area contributed by atoms with E-state index in [9.17, 15) is 18.0 Å². The highest BCUT2D eigenvalue weighted by molar-refractivity contribution is 7.89. The van der Waals surface area contributed by atoms with Crippen LogP contribution in [0.25, 0.3) is 0 Å². The predicted molar refractivity (Wildman–Crippen MR) is 99.0 cm³/mol. The molecule has 2 N–H and O–H groups in total. The average Bonchev–Trinajstić information content (AvgIpc) is 2.70. The third kappa shape index (κ3) is 6.26. The largest absolute Gasteiger partial charge is 0.452 e. The Balaban J connectivity index is 1.85. The highest BCUT2D eigenvalue weighted by Crippen LogP contribution is 2.11. The van der Waals surface area contributed by atoms with Gasteiger partial charge in [-0.1, -0.05) is 36.3 Å². The van der Waals surface area contributed by atoms with E-state index in [0.29, 0.717) is 6.54 Å². The Morgan fingerprint density at radius 1 is 1.04 bits per heavy atom. The number of esters is 1. The Morgan fingerprint density at radius 2 is 1.70 bits per heavy atom. The van der Waals surface area contributed by atoms with Crippen LogP contribution < -0.4 is 10.0 Å². The van der Waals surface area contributed by atoms with Gasteiger partial charge in [0.05, 0.1) is 17.0 Å². The van der Waals surface area contributed by atoms with Crippen molar-refractivity contribution in [3.63, 3.8) is 0 Å². The number of benzene rings is 2. The van der Waals surface area contributed by atoms with Gasteiger partial charge in [0.15, 0.2) is 6.61 Å². The minimum absolute atomic E-state index is 0.0325. The Labute approximate surface area is 157 Å². The van der Waals surface area contributed by atoms with Crippen LogP contribution in [0.2, 0.25) is 0 Å². The van der Waals surface area contributed by atoms with E-state index < -0.39 is 28.5 Å². The topological polar surface area (TPSA) is 102 Å². The van der Waals surface area contributed by atoms with Crippen molar-refractivity contribution < 1.29 is 22.7 Å². The fourth-order valence-electron chi connectivity index (χ4n) is 2.05. The standard InChI is InChI=1S/C19H18N2O5S/c1-2-12-21-27(24,25)17-10-8-16(9-11-17)19(23)26-14-18(22)20-13-15-6-4-3-5-7-15/h1,3-11,21H,12-14H2,(H,20,22). The Morgan fingerprint density at radius 3 is 2.33 bits per heavy atom. The number of ether oxygens (including phenoxy) is 1. The summed E-state index contributed by atoms with van der Waals surface area (Å²) in [5.41, 5.74) is 1.05. The third-order valence-corrected chi connectivity index (χ3v) is 4.85. The molecule has 0 spiro atoms. The van der Waals surface area contributed by atoms with Crippen molar-refractivity contribution in [2.24, 2.45) is 0 Å². The lowest BCUT2D eigenvalue weighted by molar-refractivity contribution is -0.124. The second-order valence-corrected chi connectivity index (χ2v) is 7.16. The summed E-state index contributed by atoms with van der Waals surface area (Å²) in [6, 6.07) is 14.4. The summed E-state index contributed by atoms with van der Waals surface area (Å²) >= 11 is 0. The van der Waals surface area contributed by atoms with E-state index in [4.69, 9.17) is 11.2 Å². The SMILES string of the molecule is C#CCNS(=O)(=O)c1ccc(C(=O)OCC(=O)NCc2ccccc2)cc1. The van der Waals surface area contributed by atoms with Gasteiger partial charge in [-0.15, -0.1) is 6.42 Å². The minimum atomic E-state index is -3.73. The molecule has 27 heavy (non-hydrogen) atoms. The van der Waals surface area contributed by atoms with Crippen molar-refractivity contribution in [3.05, 3.63) is 65.7 Å². The van der Waals surface area contributed by atoms with E-state index in [0.717, 1.165) is 5.56 Å². The number of nitrogens with one attached hydrogen (secondary N) is 2. The lowest BCUT2D eigenvalue weighted by atomic mass is 10.2. The molecule has 2 rings (SSSR count). The first-order valence-electron chi connectivity index (χ1n) is 7.93. The van der Waals surface area contributed by atoms with Gasteiger partial charge < -0.3 is 10.1 Å². The third-order valence-electron chi connectivity index (χ3n) is 3.43. The van der Waals surface area contributed by atoms with Crippen molar-refractivity contribution >= 4 is 21.9 Å². The van der Waals surface area contributed by atoms with Crippen LogP contribution in [0.3, 0.4) is 0 Å². The molecule has 0 unspecified atom stereocenters. The lowest BCUT2D eigenvalue weighted by Gasteiger charge is -2.08. The van der Waals surface area contributed by atoms with Gasteiger partial charge in [-0.3, -0.25) is 4.79 Å². The number of sulfonamides is 1. The zero-order valence-corrected chi connectivity index (χ0v) is 15.2. The maximum atomic E-state index is 12.0. The summed E-state index contributed by atoms with van der Waals surface area (Å²) in [7, 11) is -3.73. The van der Waals surface area contributed by atoms with Crippen LogP contribution in [-0.2, 0) is 26.1 Å². The molecule has 0 fully saturated rings. The van der Waals surface area contributed by atoms with Crippen LogP contribution >= 0.6 is 0 Å². The molecule has 8 heteroatoms. The van der Waals surface area contributed by atoms with E-state index in [1.807, 2.05) is 30.3 Å². The van der Waals surface area contributed by atoms with E-state index in [1.165, 1.54) is 24.3 Å². The number of carbonyl (C=O) groups excluding carboxylic acids is 2. The number of amides is 1. The summed E-state index contributed by atoms with van der Waals surface area (Å²) in [5.74, 6) is 0.998. The molecule has 2 aromatic rings. The summed E-state index contributed by atoms with van der Waals surface area (Å²) in [6.07, 6.45) is 5.02. The number of carbonyl (C=O) groups is 2. The van der Waals surface area contributed by atoms with Crippen molar-refractivity contribution in [2.75, 3.05) is 13.2 Å². The molecule has 1 amide bonds. The molecule has 7 nitrogen and oxygen atoms in total. The van der Waals surface area contributed by atoms with Crippen LogP contribution in [0.1, 0.15) is 15.9 Å². The van der Waals surface area contributed by atoms with Crippen molar-refractivity contribution in [2.45, 2.75) is 11.4 Å². The zero-order chi connectivity index (χ0) is 19.7. The lowest BCUT2D eigenvalue weighted by Crippen LogP contribution is -2.28. The molecule has 0 saturated heterocycles. The van der Waals surface area contributed by atoms with Gasteiger partial charge in [-0.25, -0.2) is 13.2 Å². The summed E-state index contributed by atoms with van der Waals surface area (Å²) in [6.45, 7) is -0.242. The Hall–Kier alpha value is -3.15. The first-order chi connectivity index (χ1) is 12.9. The maximum absolute atomic E-state index is 12.0.